The van der Waals surface area contributed by atoms with Gasteiger partial charge in [0.2, 0.25) is 5.95 Å². The number of carbonyl (C=O) groups is 2. The largest absolute Gasteiger partial charge is 0.354 e. The van der Waals surface area contributed by atoms with Crippen LogP contribution in [-0.4, -0.2) is 38.2 Å². The number of imidazole rings is 2. The van der Waals surface area contributed by atoms with Crippen LogP contribution < -0.4 is 10.6 Å². The summed E-state index contributed by atoms with van der Waals surface area (Å²) in [5, 5.41) is 5.54. The van der Waals surface area contributed by atoms with Gasteiger partial charge in [0, 0.05) is 18.3 Å². The molecule has 0 aliphatic heterocycles. The number of hydrogen-bond donors (Lipinski definition) is 3. The van der Waals surface area contributed by atoms with Crippen LogP contribution in [0.25, 0.3) is 27.8 Å². The van der Waals surface area contributed by atoms with Crippen LogP contribution >= 0.6 is 11.6 Å². The van der Waals surface area contributed by atoms with Gasteiger partial charge >= 0.3 is 0 Å². The maximum absolute atomic E-state index is 13.7. The predicted octanol–water partition coefficient (Wildman–Crippen LogP) is 4.28. The number of aromatic nitrogens is 4. The Labute approximate surface area is 191 Å². The van der Waals surface area contributed by atoms with Gasteiger partial charge in [0.15, 0.2) is 0 Å². The molecule has 5 aromatic rings. The summed E-state index contributed by atoms with van der Waals surface area (Å²) in [5.74, 6) is -0.981. The highest BCUT2D eigenvalue weighted by Crippen LogP contribution is 2.27. The zero-order chi connectivity index (χ0) is 23.1. The molecule has 0 fully saturated rings. The Morgan fingerprint density at radius 1 is 1.03 bits per heavy atom. The quantitative estimate of drug-likeness (QED) is 0.370. The Kier molecular flexibility index (Phi) is 5.02. The molecule has 10 heteroatoms. The highest BCUT2D eigenvalue weighted by molar-refractivity contribution is 6.30. The normalized spacial score (nSPS) is 11.1. The molecule has 3 aromatic heterocycles. The number of rotatable bonds is 4. The Morgan fingerprint density at radius 3 is 2.67 bits per heavy atom. The highest BCUT2D eigenvalue weighted by Gasteiger charge is 2.16. The SMILES string of the molecule is CNC(=O)c1cccc2nc(C(=O)Nc3nc4ccc(-c5cc(F)cc(Cl)c5)cc4[nH]3)cn12. The molecule has 0 radical (unpaired) electrons. The standard InChI is InChI=1S/C23H16ClFN6O2/c1-26-22(33)19-3-2-4-20-27-18(11-31(19)20)21(32)30-23-28-16-6-5-12(9-17(16)29-23)13-7-14(24)10-15(25)8-13/h2-11H,1H3,(H,26,33)(H2,28,29,30,32). The lowest BCUT2D eigenvalue weighted by Gasteiger charge is -2.03. The average Bonchev–Trinajstić information content (AvgIpc) is 3.40. The second kappa shape index (κ2) is 8.03. The van der Waals surface area contributed by atoms with Crippen LogP contribution in [0.1, 0.15) is 21.0 Å². The lowest BCUT2D eigenvalue weighted by atomic mass is 10.1. The Hall–Kier alpha value is -4.24. The minimum atomic E-state index is -0.488. The van der Waals surface area contributed by atoms with Crippen LogP contribution in [0, 0.1) is 5.82 Å². The zero-order valence-electron chi connectivity index (χ0n) is 17.2. The van der Waals surface area contributed by atoms with E-state index >= 15 is 0 Å². The molecule has 0 aliphatic rings. The number of anilines is 1. The van der Waals surface area contributed by atoms with E-state index in [1.165, 1.54) is 25.4 Å². The fraction of sp³-hybridized carbons (Fsp3) is 0.0435. The summed E-state index contributed by atoms with van der Waals surface area (Å²) in [6, 6.07) is 14.7. The molecule has 2 aromatic carbocycles. The second-order valence-electron chi connectivity index (χ2n) is 7.27. The molecule has 2 amide bonds. The highest BCUT2D eigenvalue weighted by atomic mass is 35.5. The van der Waals surface area contributed by atoms with Gasteiger partial charge in [0.05, 0.1) is 11.0 Å². The molecule has 0 aliphatic carbocycles. The number of benzene rings is 2. The number of amides is 2. The number of fused-ring (bicyclic) bond motifs is 2. The molecule has 5 rings (SSSR count). The minimum absolute atomic E-state index is 0.127. The predicted molar refractivity (Wildman–Crippen MR) is 123 cm³/mol. The molecule has 0 saturated heterocycles. The lowest BCUT2D eigenvalue weighted by Crippen LogP contribution is -2.20. The molecule has 0 spiro atoms. The summed E-state index contributed by atoms with van der Waals surface area (Å²) in [6.07, 6.45) is 1.49. The van der Waals surface area contributed by atoms with Gasteiger partial charge in [-0.2, -0.15) is 0 Å². The van der Waals surface area contributed by atoms with Gasteiger partial charge in [-0.25, -0.2) is 14.4 Å². The van der Waals surface area contributed by atoms with Crippen LogP contribution in [0.4, 0.5) is 10.3 Å². The van der Waals surface area contributed by atoms with Crippen molar-refractivity contribution in [3.63, 3.8) is 0 Å². The molecule has 3 heterocycles. The van der Waals surface area contributed by atoms with Crippen molar-refractivity contribution >= 4 is 46.0 Å². The van der Waals surface area contributed by atoms with E-state index in [-0.39, 0.29) is 17.5 Å². The van der Waals surface area contributed by atoms with Gasteiger partial charge in [-0.1, -0.05) is 23.7 Å². The number of hydrogen-bond acceptors (Lipinski definition) is 4. The molecule has 164 valence electrons. The summed E-state index contributed by atoms with van der Waals surface area (Å²) in [6.45, 7) is 0. The fourth-order valence-corrected chi connectivity index (χ4v) is 3.80. The Morgan fingerprint density at radius 2 is 1.88 bits per heavy atom. The number of pyridine rings is 1. The van der Waals surface area contributed by atoms with Crippen molar-refractivity contribution in [1.82, 2.24) is 24.7 Å². The smallest absolute Gasteiger partial charge is 0.278 e. The number of nitrogens with zero attached hydrogens (tertiary/aromatic N) is 3. The lowest BCUT2D eigenvalue weighted by molar-refractivity contribution is 0.0955. The summed E-state index contributed by atoms with van der Waals surface area (Å²) in [5.41, 5.74) is 3.58. The third-order valence-electron chi connectivity index (χ3n) is 5.09. The molecule has 8 nitrogen and oxygen atoms in total. The third kappa shape index (κ3) is 3.90. The first kappa shape index (κ1) is 20.7. The van der Waals surface area contributed by atoms with Gasteiger partial charge in [-0.15, -0.1) is 0 Å². The van der Waals surface area contributed by atoms with Gasteiger partial charge in [-0.3, -0.25) is 19.3 Å². The number of aromatic amines is 1. The van der Waals surface area contributed by atoms with Crippen molar-refractivity contribution < 1.29 is 14.0 Å². The van der Waals surface area contributed by atoms with Crippen LogP contribution in [0.3, 0.4) is 0 Å². The summed E-state index contributed by atoms with van der Waals surface area (Å²) < 4.78 is 15.3. The zero-order valence-corrected chi connectivity index (χ0v) is 17.9. The maximum Gasteiger partial charge on any atom is 0.278 e. The van der Waals surface area contributed by atoms with E-state index in [4.69, 9.17) is 11.6 Å². The molecule has 0 saturated carbocycles. The van der Waals surface area contributed by atoms with Gasteiger partial charge in [0.1, 0.15) is 22.9 Å². The summed E-state index contributed by atoms with van der Waals surface area (Å²) in [4.78, 5) is 36.5. The van der Waals surface area contributed by atoms with E-state index in [1.807, 2.05) is 0 Å². The van der Waals surface area contributed by atoms with Crippen molar-refractivity contribution in [1.29, 1.82) is 0 Å². The van der Waals surface area contributed by atoms with Crippen molar-refractivity contribution in [2.24, 2.45) is 0 Å². The number of halogens is 2. The molecule has 3 N–H and O–H groups in total. The van der Waals surface area contributed by atoms with E-state index in [1.54, 1.807) is 46.9 Å². The number of nitrogens with one attached hydrogen (secondary N) is 3. The minimum Gasteiger partial charge on any atom is -0.354 e. The van der Waals surface area contributed by atoms with E-state index < -0.39 is 11.7 Å². The molecule has 0 atom stereocenters. The maximum atomic E-state index is 13.7. The van der Waals surface area contributed by atoms with Crippen LogP contribution in [0.2, 0.25) is 5.02 Å². The topological polar surface area (TPSA) is 104 Å². The van der Waals surface area contributed by atoms with E-state index in [2.05, 4.69) is 25.6 Å². The molecule has 33 heavy (non-hydrogen) atoms. The first-order valence-electron chi connectivity index (χ1n) is 9.89. The monoisotopic (exact) mass is 462 g/mol. The van der Waals surface area contributed by atoms with Crippen LogP contribution in [-0.2, 0) is 0 Å². The van der Waals surface area contributed by atoms with Crippen LogP contribution in [0.15, 0.2) is 60.8 Å². The first-order valence-corrected chi connectivity index (χ1v) is 10.3. The van der Waals surface area contributed by atoms with E-state index in [0.717, 1.165) is 5.56 Å². The number of carbonyl (C=O) groups excluding carboxylic acids is 2. The third-order valence-corrected chi connectivity index (χ3v) is 5.31. The van der Waals surface area contributed by atoms with Crippen LogP contribution in [0.5, 0.6) is 0 Å². The molecular weight excluding hydrogens is 447 g/mol. The second-order valence-corrected chi connectivity index (χ2v) is 7.71. The van der Waals surface area contributed by atoms with Crippen molar-refractivity contribution in [2.45, 2.75) is 0 Å². The van der Waals surface area contributed by atoms with E-state index in [0.29, 0.717) is 33.0 Å². The molecule has 0 unspecified atom stereocenters. The number of H-pyrrole nitrogens is 1. The molecular formula is C23H16ClFN6O2. The summed E-state index contributed by atoms with van der Waals surface area (Å²) >= 11 is 5.97. The first-order chi connectivity index (χ1) is 15.9. The van der Waals surface area contributed by atoms with E-state index in [9.17, 15) is 14.0 Å². The Bertz CT molecular complexity index is 1540. The van der Waals surface area contributed by atoms with Crippen molar-refractivity contribution in [3.8, 4) is 11.1 Å². The average molecular weight is 463 g/mol. The van der Waals surface area contributed by atoms with Gasteiger partial charge < -0.3 is 10.3 Å². The van der Waals surface area contributed by atoms with Crippen molar-refractivity contribution in [2.75, 3.05) is 12.4 Å². The van der Waals surface area contributed by atoms with Gasteiger partial charge in [-0.05, 0) is 53.6 Å². The Balaban J connectivity index is 1.43. The molecule has 0 bridgehead atoms. The summed E-state index contributed by atoms with van der Waals surface area (Å²) in [7, 11) is 1.53. The van der Waals surface area contributed by atoms with Gasteiger partial charge in [0.25, 0.3) is 11.8 Å². The van der Waals surface area contributed by atoms with Crippen molar-refractivity contribution in [3.05, 3.63) is 83.0 Å². The fourth-order valence-electron chi connectivity index (χ4n) is 3.57.